The summed E-state index contributed by atoms with van der Waals surface area (Å²) in [7, 11) is 1.42. The predicted octanol–water partition coefficient (Wildman–Crippen LogP) is 4.41. The minimum Gasteiger partial charge on any atom is -0.508 e. The molecule has 0 saturated carbocycles. The summed E-state index contributed by atoms with van der Waals surface area (Å²) >= 11 is 0. The summed E-state index contributed by atoms with van der Waals surface area (Å²) < 4.78 is 44.4. The maximum Gasteiger partial charge on any atom is 0.451 e. The first kappa shape index (κ1) is 16.8. The van der Waals surface area contributed by atoms with Gasteiger partial charge in [-0.1, -0.05) is 0 Å². The van der Waals surface area contributed by atoms with Crippen LogP contribution in [0.4, 0.5) is 24.7 Å². The van der Waals surface area contributed by atoms with Crippen LogP contribution in [-0.4, -0.2) is 22.2 Å². The third kappa shape index (κ3) is 3.42. The quantitative estimate of drug-likeness (QED) is 0.686. The molecule has 8 heteroatoms. The number of anilines is 2. The van der Waals surface area contributed by atoms with E-state index in [4.69, 9.17) is 4.74 Å². The molecule has 0 amide bonds. The standard InChI is InChI=1S/C17H14F3N3O2/c1-9-7-10(24)3-6-13(9)21-15-12-5-4-11(25-2)8-14(12)22-16(23-15)17(18,19)20/h3-8,24H,1-2H3,(H,21,22,23). The number of phenolic OH excluding ortho intramolecular Hbond substituents is 1. The Labute approximate surface area is 141 Å². The minimum atomic E-state index is -4.68. The molecule has 0 aliphatic heterocycles. The molecule has 1 aromatic heterocycles. The van der Waals surface area contributed by atoms with Gasteiger partial charge in [0.25, 0.3) is 0 Å². The molecule has 3 aromatic rings. The zero-order valence-electron chi connectivity index (χ0n) is 13.3. The topological polar surface area (TPSA) is 67.3 Å². The van der Waals surface area contributed by atoms with Crippen molar-refractivity contribution in [2.24, 2.45) is 0 Å². The van der Waals surface area contributed by atoms with Gasteiger partial charge in [-0.15, -0.1) is 0 Å². The highest BCUT2D eigenvalue weighted by Crippen LogP contribution is 2.33. The smallest absolute Gasteiger partial charge is 0.451 e. The lowest BCUT2D eigenvalue weighted by Gasteiger charge is -2.14. The summed E-state index contributed by atoms with van der Waals surface area (Å²) in [5, 5.41) is 12.8. The molecule has 0 saturated heterocycles. The van der Waals surface area contributed by atoms with Gasteiger partial charge >= 0.3 is 6.18 Å². The number of fused-ring (bicyclic) bond motifs is 1. The lowest BCUT2D eigenvalue weighted by Crippen LogP contribution is -2.13. The van der Waals surface area contributed by atoms with E-state index in [-0.39, 0.29) is 17.1 Å². The van der Waals surface area contributed by atoms with Crippen LogP contribution in [0.2, 0.25) is 0 Å². The molecule has 3 rings (SSSR count). The zero-order chi connectivity index (χ0) is 18.2. The molecule has 0 atom stereocenters. The number of aromatic hydroxyl groups is 1. The van der Waals surface area contributed by atoms with Gasteiger partial charge in [0.2, 0.25) is 5.82 Å². The van der Waals surface area contributed by atoms with Crippen LogP contribution in [-0.2, 0) is 6.18 Å². The fourth-order valence-corrected chi connectivity index (χ4v) is 2.37. The first-order chi connectivity index (χ1) is 11.8. The lowest BCUT2D eigenvalue weighted by molar-refractivity contribution is -0.144. The number of hydrogen-bond donors (Lipinski definition) is 2. The zero-order valence-corrected chi connectivity index (χ0v) is 13.3. The normalized spacial score (nSPS) is 11.6. The Morgan fingerprint density at radius 1 is 1.08 bits per heavy atom. The molecule has 2 N–H and O–H groups in total. The SMILES string of the molecule is COc1ccc2c(Nc3ccc(O)cc3C)nc(C(F)(F)F)nc2c1. The van der Waals surface area contributed by atoms with E-state index in [9.17, 15) is 18.3 Å². The highest BCUT2D eigenvalue weighted by Gasteiger charge is 2.35. The van der Waals surface area contributed by atoms with Crippen molar-refractivity contribution in [2.75, 3.05) is 12.4 Å². The highest BCUT2D eigenvalue weighted by atomic mass is 19.4. The van der Waals surface area contributed by atoms with Crippen molar-refractivity contribution in [1.82, 2.24) is 9.97 Å². The van der Waals surface area contributed by atoms with E-state index < -0.39 is 12.0 Å². The van der Waals surface area contributed by atoms with Crippen LogP contribution in [0.3, 0.4) is 0 Å². The molecule has 0 spiro atoms. The Kier molecular flexibility index (Phi) is 4.12. The Morgan fingerprint density at radius 3 is 2.48 bits per heavy atom. The number of nitrogens with one attached hydrogen (secondary N) is 1. The molecule has 0 bridgehead atoms. The summed E-state index contributed by atoms with van der Waals surface area (Å²) in [5.74, 6) is -0.761. The molecule has 1 heterocycles. The maximum atomic E-state index is 13.1. The summed E-state index contributed by atoms with van der Waals surface area (Å²) in [6.45, 7) is 1.72. The Bertz CT molecular complexity index is 942. The third-order valence-electron chi connectivity index (χ3n) is 3.62. The van der Waals surface area contributed by atoms with Crippen LogP contribution < -0.4 is 10.1 Å². The molecule has 2 aromatic carbocycles. The van der Waals surface area contributed by atoms with E-state index >= 15 is 0 Å². The van der Waals surface area contributed by atoms with Gasteiger partial charge in [-0.25, -0.2) is 9.97 Å². The van der Waals surface area contributed by atoms with Crippen molar-refractivity contribution in [3.8, 4) is 11.5 Å². The first-order valence-corrected chi connectivity index (χ1v) is 7.27. The molecule has 25 heavy (non-hydrogen) atoms. The number of hydrogen-bond acceptors (Lipinski definition) is 5. The van der Waals surface area contributed by atoms with Crippen LogP contribution in [0.25, 0.3) is 10.9 Å². The van der Waals surface area contributed by atoms with Gasteiger partial charge < -0.3 is 15.2 Å². The summed E-state index contributed by atoms with van der Waals surface area (Å²) in [5.41, 5.74) is 1.30. The number of phenols is 1. The number of rotatable bonds is 3. The number of aryl methyl sites for hydroxylation is 1. The first-order valence-electron chi connectivity index (χ1n) is 7.27. The molecular formula is C17H14F3N3O2. The molecule has 0 unspecified atom stereocenters. The van der Waals surface area contributed by atoms with Gasteiger partial charge in [0.1, 0.15) is 17.3 Å². The molecule has 5 nitrogen and oxygen atoms in total. The van der Waals surface area contributed by atoms with Gasteiger partial charge in [-0.05, 0) is 42.8 Å². The van der Waals surface area contributed by atoms with Crippen molar-refractivity contribution in [2.45, 2.75) is 13.1 Å². The second-order valence-electron chi connectivity index (χ2n) is 5.40. The molecule has 0 aliphatic rings. The van der Waals surface area contributed by atoms with Gasteiger partial charge in [0, 0.05) is 17.1 Å². The van der Waals surface area contributed by atoms with Gasteiger partial charge in [-0.2, -0.15) is 13.2 Å². The molecule has 130 valence electrons. The second-order valence-corrected chi connectivity index (χ2v) is 5.40. The third-order valence-corrected chi connectivity index (χ3v) is 3.62. The van der Waals surface area contributed by atoms with E-state index in [2.05, 4.69) is 15.3 Å². The number of benzene rings is 2. The Morgan fingerprint density at radius 2 is 1.84 bits per heavy atom. The highest BCUT2D eigenvalue weighted by molar-refractivity contribution is 5.92. The molecule has 0 fully saturated rings. The maximum absolute atomic E-state index is 13.1. The fraction of sp³-hybridized carbons (Fsp3) is 0.176. The van der Waals surface area contributed by atoms with Crippen LogP contribution in [0.1, 0.15) is 11.4 Å². The number of halogens is 3. The predicted molar refractivity (Wildman–Crippen MR) is 87.2 cm³/mol. The van der Waals surface area contributed by atoms with Crippen LogP contribution >= 0.6 is 0 Å². The fourth-order valence-electron chi connectivity index (χ4n) is 2.37. The van der Waals surface area contributed by atoms with Crippen molar-refractivity contribution in [3.05, 3.63) is 47.8 Å². The molecule has 0 radical (unpaired) electrons. The Balaban J connectivity index is 2.17. The largest absolute Gasteiger partial charge is 0.508 e. The van der Waals surface area contributed by atoms with Gasteiger partial charge in [-0.3, -0.25) is 0 Å². The van der Waals surface area contributed by atoms with Gasteiger partial charge in [0.05, 0.1) is 12.6 Å². The van der Waals surface area contributed by atoms with E-state index in [1.54, 1.807) is 25.1 Å². The number of aromatic nitrogens is 2. The second kappa shape index (κ2) is 6.12. The molecular weight excluding hydrogens is 335 g/mol. The number of methoxy groups -OCH3 is 1. The van der Waals surface area contributed by atoms with Crippen LogP contribution in [0, 0.1) is 6.92 Å². The Hall–Kier alpha value is -3.03. The average molecular weight is 349 g/mol. The van der Waals surface area contributed by atoms with E-state index in [1.165, 1.54) is 25.3 Å². The van der Waals surface area contributed by atoms with Crippen molar-refractivity contribution in [1.29, 1.82) is 0 Å². The monoisotopic (exact) mass is 349 g/mol. The number of alkyl halides is 3. The number of nitrogens with zero attached hydrogens (tertiary/aromatic N) is 2. The van der Waals surface area contributed by atoms with Crippen LogP contribution in [0.15, 0.2) is 36.4 Å². The number of ether oxygens (including phenoxy) is 1. The van der Waals surface area contributed by atoms with Gasteiger partial charge in [0.15, 0.2) is 0 Å². The minimum absolute atomic E-state index is 0.0220. The van der Waals surface area contributed by atoms with Crippen LogP contribution in [0.5, 0.6) is 11.5 Å². The van der Waals surface area contributed by atoms with E-state index in [1.807, 2.05) is 0 Å². The average Bonchev–Trinajstić information content (AvgIpc) is 2.55. The van der Waals surface area contributed by atoms with Crippen molar-refractivity contribution < 1.29 is 23.0 Å². The lowest BCUT2D eigenvalue weighted by atomic mass is 10.1. The summed E-state index contributed by atoms with van der Waals surface area (Å²) in [6, 6.07) is 9.13. The van der Waals surface area contributed by atoms with E-state index in [0.717, 1.165) is 0 Å². The summed E-state index contributed by atoms with van der Waals surface area (Å²) in [4.78, 5) is 7.23. The van der Waals surface area contributed by atoms with E-state index in [0.29, 0.717) is 22.4 Å². The summed E-state index contributed by atoms with van der Waals surface area (Å²) in [6.07, 6.45) is -4.68. The van der Waals surface area contributed by atoms with Crippen molar-refractivity contribution in [3.63, 3.8) is 0 Å². The molecule has 0 aliphatic carbocycles. The van der Waals surface area contributed by atoms with Crippen molar-refractivity contribution >= 4 is 22.4 Å².